The Bertz CT molecular complexity index is 1170. The first-order chi connectivity index (χ1) is 14.1. The number of H-pyrrole nitrogens is 2. The maximum absolute atomic E-state index is 13.1. The average molecular weight is 467 g/mol. The SMILES string of the molecule is Cl.Cl.NCCNC(=O)C12CC3CC(C1)C(n1c(=O)[nH]c4cnc5[nH]ccc5c41)C(C3)C2. The maximum atomic E-state index is 13.1. The quantitative estimate of drug-likeness (QED) is 0.471. The summed E-state index contributed by atoms with van der Waals surface area (Å²) < 4.78 is 1.99. The number of carbonyl (C=O) groups excluding carboxylic acids is 1. The molecule has 0 saturated heterocycles. The van der Waals surface area contributed by atoms with Gasteiger partial charge in [0.25, 0.3) is 0 Å². The molecule has 2 atom stereocenters. The summed E-state index contributed by atoms with van der Waals surface area (Å²) in [6.45, 7) is 0.997. The van der Waals surface area contributed by atoms with Crippen LogP contribution in [-0.2, 0) is 4.79 Å². The highest BCUT2D eigenvalue weighted by Gasteiger charge is 2.59. The molecule has 4 aliphatic carbocycles. The molecule has 8 nitrogen and oxygen atoms in total. The second-order valence-corrected chi connectivity index (χ2v) is 9.35. The number of amides is 1. The summed E-state index contributed by atoms with van der Waals surface area (Å²) in [4.78, 5) is 36.7. The predicted molar refractivity (Wildman–Crippen MR) is 124 cm³/mol. The number of aromatic amines is 2. The Morgan fingerprint density at radius 3 is 2.71 bits per heavy atom. The highest BCUT2D eigenvalue weighted by molar-refractivity contribution is 6.01. The molecule has 3 aromatic rings. The van der Waals surface area contributed by atoms with Gasteiger partial charge in [0.15, 0.2) is 0 Å². The van der Waals surface area contributed by atoms with Crippen LogP contribution in [0.15, 0.2) is 23.3 Å². The molecule has 3 aromatic heterocycles. The van der Waals surface area contributed by atoms with Gasteiger partial charge in [-0.1, -0.05) is 0 Å². The van der Waals surface area contributed by atoms with E-state index in [1.165, 1.54) is 0 Å². The lowest BCUT2D eigenvalue weighted by Crippen LogP contribution is -2.58. The summed E-state index contributed by atoms with van der Waals surface area (Å²) >= 11 is 0. The Kier molecular flexibility index (Phi) is 5.60. The molecule has 168 valence electrons. The number of nitrogens with zero attached hydrogens (tertiary/aromatic N) is 2. The van der Waals surface area contributed by atoms with Crippen molar-refractivity contribution in [1.82, 2.24) is 24.8 Å². The number of aromatic nitrogens is 4. The second-order valence-electron chi connectivity index (χ2n) is 9.35. The van der Waals surface area contributed by atoms with Crippen molar-refractivity contribution in [3.05, 3.63) is 28.9 Å². The summed E-state index contributed by atoms with van der Waals surface area (Å²) in [5, 5.41) is 4.03. The average Bonchev–Trinajstić information content (AvgIpc) is 3.29. The van der Waals surface area contributed by atoms with Gasteiger partial charge in [-0.15, -0.1) is 24.8 Å². The van der Waals surface area contributed by atoms with Gasteiger partial charge in [-0.2, -0.15) is 0 Å². The summed E-state index contributed by atoms with van der Waals surface area (Å²) in [7, 11) is 0. The molecule has 31 heavy (non-hydrogen) atoms. The van der Waals surface area contributed by atoms with Crippen LogP contribution >= 0.6 is 24.8 Å². The smallest absolute Gasteiger partial charge is 0.326 e. The van der Waals surface area contributed by atoms with E-state index in [0.717, 1.165) is 54.2 Å². The fourth-order valence-electron chi connectivity index (χ4n) is 6.98. The molecule has 2 unspecified atom stereocenters. The van der Waals surface area contributed by atoms with E-state index in [1.54, 1.807) is 6.20 Å². The minimum Gasteiger partial charge on any atom is -0.354 e. The minimum atomic E-state index is -0.275. The van der Waals surface area contributed by atoms with E-state index in [1.807, 2.05) is 16.8 Å². The lowest BCUT2D eigenvalue weighted by atomic mass is 9.47. The number of carbonyl (C=O) groups is 1. The van der Waals surface area contributed by atoms with E-state index < -0.39 is 0 Å². The number of pyridine rings is 1. The van der Waals surface area contributed by atoms with Crippen LogP contribution in [0, 0.1) is 23.2 Å². The molecule has 0 spiro atoms. The van der Waals surface area contributed by atoms with Crippen LogP contribution in [0.1, 0.15) is 38.1 Å². The van der Waals surface area contributed by atoms with Crippen molar-refractivity contribution in [2.45, 2.75) is 38.1 Å². The standard InChI is InChI=1S/C21H26N6O2.2ClH/c22-2-4-24-19(28)21-7-11-5-12(8-21)16(13(6-11)9-21)27-17-14-1-3-23-18(14)25-10-15(17)26-20(27)29;;/h1,3,10-13,16H,2,4-9,22H2,(H,23,25)(H,24,28)(H,26,29);2*1H. The number of hydrogen-bond acceptors (Lipinski definition) is 4. The van der Waals surface area contributed by atoms with Crippen LogP contribution in [0.2, 0.25) is 0 Å². The number of hydrogen-bond donors (Lipinski definition) is 4. The van der Waals surface area contributed by atoms with Gasteiger partial charge in [0.2, 0.25) is 5.91 Å². The summed E-state index contributed by atoms with van der Waals surface area (Å²) in [5.74, 6) is 1.46. The predicted octanol–water partition coefficient (Wildman–Crippen LogP) is 2.49. The number of nitrogens with two attached hydrogens (primary N) is 1. The molecule has 3 heterocycles. The molecule has 0 aliphatic heterocycles. The normalized spacial score (nSPS) is 30.9. The van der Waals surface area contributed by atoms with E-state index in [4.69, 9.17) is 5.73 Å². The first-order valence-electron chi connectivity index (χ1n) is 10.6. The van der Waals surface area contributed by atoms with Gasteiger partial charge >= 0.3 is 5.69 Å². The first kappa shape index (κ1) is 22.2. The molecule has 7 rings (SSSR count). The third kappa shape index (κ3) is 3.10. The van der Waals surface area contributed by atoms with E-state index >= 15 is 0 Å². The second kappa shape index (κ2) is 7.83. The van der Waals surface area contributed by atoms with Crippen LogP contribution in [0.4, 0.5) is 0 Å². The van der Waals surface area contributed by atoms with Crippen LogP contribution in [0.5, 0.6) is 0 Å². The number of imidazole rings is 1. The molecule has 0 radical (unpaired) electrons. The van der Waals surface area contributed by atoms with Crippen molar-refractivity contribution in [3.8, 4) is 0 Å². The topological polar surface area (TPSA) is 122 Å². The summed E-state index contributed by atoms with van der Waals surface area (Å²) in [6, 6.07) is 2.13. The Hall–Kier alpha value is -2.03. The molecular weight excluding hydrogens is 439 g/mol. The molecule has 0 aromatic carbocycles. The Morgan fingerprint density at radius 1 is 1.26 bits per heavy atom. The van der Waals surface area contributed by atoms with Crippen LogP contribution in [0.25, 0.3) is 22.1 Å². The van der Waals surface area contributed by atoms with Crippen molar-refractivity contribution in [2.24, 2.45) is 28.9 Å². The molecule has 5 N–H and O–H groups in total. The Balaban J connectivity index is 0.00000116. The van der Waals surface area contributed by atoms with Crippen molar-refractivity contribution in [3.63, 3.8) is 0 Å². The van der Waals surface area contributed by atoms with Gasteiger partial charge < -0.3 is 21.0 Å². The van der Waals surface area contributed by atoms with E-state index in [9.17, 15) is 9.59 Å². The lowest BCUT2D eigenvalue weighted by molar-refractivity contribution is -0.151. The van der Waals surface area contributed by atoms with Gasteiger partial charge in [0, 0.05) is 30.7 Å². The third-order valence-electron chi connectivity index (χ3n) is 7.69. The molecule has 4 fully saturated rings. The first-order valence-corrected chi connectivity index (χ1v) is 10.6. The van der Waals surface area contributed by atoms with Gasteiger partial charge in [0.05, 0.1) is 22.6 Å². The number of halogens is 2. The molecule has 1 amide bonds. The monoisotopic (exact) mass is 466 g/mol. The van der Waals surface area contributed by atoms with Gasteiger partial charge in [-0.25, -0.2) is 9.78 Å². The maximum Gasteiger partial charge on any atom is 0.326 e. The molecule has 4 aliphatic rings. The zero-order chi connectivity index (χ0) is 19.8. The number of nitrogens with one attached hydrogen (secondary N) is 3. The van der Waals surface area contributed by atoms with E-state index in [-0.39, 0.29) is 47.9 Å². The van der Waals surface area contributed by atoms with E-state index in [2.05, 4.69) is 20.3 Å². The molecule has 4 bridgehead atoms. The fraction of sp³-hybridized carbons (Fsp3) is 0.571. The van der Waals surface area contributed by atoms with Crippen molar-refractivity contribution in [1.29, 1.82) is 0 Å². The zero-order valence-electron chi connectivity index (χ0n) is 17.1. The van der Waals surface area contributed by atoms with Gasteiger partial charge in [-0.05, 0) is 55.9 Å². The van der Waals surface area contributed by atoms with E-state index in [0.29, 0.717) is 30.8 Å². The zero-order valence-corrected chi connectivity index (χ0v) is 18.7. The fourth-order valence-corrected chi connectivity index (χ4v) is 6.98. The molecular formula is C21H28Cl2N6O2. The Labute approximate surface area is 191 Å². The van der Waals surface area contributed by atoms with Gasteiger partial charge in [-0.3, -0.25) is 9.36 Å². The van der Waals surface area contributed by atoms with Crippen molar-refractivity contribution < 1.29 is 4.79 Å². The van der Waals surface area contributed by atoms with Crippen LogP contribution in [-0.4, -0.2) is 38.5 Å². The molecule has 10 heteroatoms. The Morgan fingerprint density at radius 2 is 2.00 bits per heavy atom. The van der Waals surface area contributed by atoms with Crippen molar-refractivity contribution in [2.75, 3.05) is 13.1 Å². The van der Waals surface area contributed by atoms with Crippen LogP contribution < -0.4 is 16.7 Å². The summed E-state index contributed by atoms with van der Waals surface area (Å²) in [5.41, 5.74) is 7.79. The lowest BCUT2D eigenvalue weighted by Gasteiger charge is -2.59. The number of fused-ring (bicyclic) bond motifs is 3. The third-order valence-corrected chi connectivity index (χ3v) is 7.69. The number of rotatable bonds is 4. The highest BCUT2D eigenvalue weighted by Crippen LogP contribution is 2.63. The van der Waals surface area contributed by atoms with Crippen LogP contribution in [0.3, 0.4) is 0 Å². The highest BCUT2D eigenvalue weighted by atomic mass is 35.5. The summed E-state index contributed by atoms with van der Waals surface area (Å²) in [6.07, 6.45) is 8.53. The minimum absolute atomic E-state index is 0. The van der Waals surface area contributed by atoms with Crippen molar-refractivity contribution >= 4 is 52.8 Å². The largest absolute Gasteiger partial charge is 0.354 e. The molecule has 4 saturated carbocycles. The van der Waals surface area contributed by atoms with Gasteiger partial charge in [0.1, 0.15) is 5.65 Å².